The molecule has 2 aromatic heterocycles. The summed E-state index contributed by atoms with van der Waals surface area (Å²) in [5.41, 5.74) is 2.34. The highest BCUT2D eigenvalue weighted by atomic mass is 16.6. The molecular formula is C41H56N8O6. The van der Waals surface area contributed by atoms with Gasteiger partial charge in [-0.05, 0) is 117 Å². The SMILES string of the molecule is CN(CC1CCC(n2cc3cc(NC(=O)OC(C)(C)C)c(C(C)(C)O)cc3n2)CC1)C1CCN(c2cccc3c2n(C)c(=O)n3C2CCC(=O)NC2=O)CC1. The van der Waals surface area contributed by atoms with Gasteiger partial charge in [0.25, 0.3) is 0 Å². The van der Waals surface area contributed by atoms with Crippen molar-refractivity contribution in [2.75, 3.05) is 36.9 Å². The zero-order valence-corrected chi connectivity index (χ0v) is 33.2. The molecule has 1 saturated carbocycles. The fraction of sp³-hybridized carbons (Fsp3) is 0.585. The van der Waals surface area contributed by atoms with Gasteiger partial charge >= 0.3 is 11.8 Å². The van der Waals surface area contributed by atoms with Crippen LogP contribution in [0.25, 0.3) is 21.9 Å². The Balaban J connectivity index is 0.957. The summed E-state index contributed by atoms with van der Waals surface area (Å²) in [7, 11) is 4.01. The molecule has 14 heteroatoms. The van der Waals surface area contributed by atoms with Crippen molar-refractivity contribution in [2.45, 2.75) is 115 Å². The lowest BCUT2D eigenvalue weighted by atomic mass is 9.85. The molecular weight excluding hydrogens is 701 g/mol. The first kappa shape index (κ1) is 38.6. The van der Waals surface area contributed by atoms with Crippen molar-refractivity contribution in [3.05, 3.63) is 52.6 Å². The lowest BCUT2D eigenvalue weighted by molar-refractivity contribution is -0.135. The average Bonchev–Trinajstić information content (AvgIpc) is 3.64. The molecule has 296 valence electrons. The Morgan fingerprint density at radius 2 is 1.73 bits per heavy atom. The lowest BCUT2D eigenvalue weighted by Gasteiger charge is -2.40. The average molecular weight is 757 g/mol. The van der Waals surface area contributed by atoms with Crippen molar-refractivity contribution in [3.63, 3.8) is 0 Å². The number of fused-ring (bicyclic) bond motifs is 2. The first-order chi connectivity index (χ1) is 26.0. The van der Waals surface area contributed by atoms with Gasteiger partial charge in [-0.25, -0.2) is 9.59 Å². The van der Waals surface area contributed by atoms with E-state index in [1.807, 2.05) is 45.0 Å². The molecule has 2 aliphatic heterocycles. The standard InChI is InChI=1S/C41H56N8O6/c1-40(2,3)55-38(52)42-31-21-26-24-48(44-30(26)22-29(31)41(4,5)54)28-13-11-25(12-14-28)23-45(6)27-17-19-47(20-18-27)32-9-8-10-33-36(32)46(7)39(53)49(33)34-15-16-35(50)43-37(34)51/h8-10,21-22,24-25,27-28,34,54H,11-20,23H2,1-7H3,(H,42,52)(H,43,50,51). The number of anilines is 2. The summed E-state index contributed by atoms with van der Waals surface area (Å²) < 4.78 is 10.7. The molecule has 7 rings (SSSR count). The van der Waals surface area contributed by atoms with Crippen LogP contribution in [0, 0.1) is 5.92 Å². The Hall–Kier alpha value is -4.69. The van der Waals surface area contributed by atoms with Gasteiger partial charge in [0.05, 0.1) is 39.6 Å². The van der Waals surface area contributed by atoms with Crippen LogP contribution in [0.3, 0.4) is 0 Å². The van der Waals surface area contributed by atoms with Crippen LogP contribution in [0.15, 0.2) is 41.3 Å². The second-order valence-electron chi connectivity index (χ2n) is 17.4. The summed E-state index contributed by atoms with van der Waals surface area (Å²) in [6, 6.07) is 9.70. The molecule has 4 aromatic rings. The van der Waals surface area contributed by atoms with Crippen LogP contribution >= 0.6 is 0 Å². The zero-order chi connectivity index (χ0) is 39.4. The van der Waals surface area contributed by atoms with Crippen molar-refractivity contribution in [1.82, 2.24) is 29.1 Å². The van der Waals surface area contributed by atoms with E-state index in [4.69, 9.17) is 9.84 Å². The molecule has 3 fully saturated rings. The highest BCUT2D eigenvalue weighted by molar-refractivity contribution is 6.00. The second kappa shape index (κ2) is 14.8. The molecule has 2 saturated heterocycles. The van der Waals surface area contributed by atoms with E-state index in [0.717, 1.165) is 85.8 Å². The number of nitrogens with zero attached hydrogens (tertiary/aromatic N) is 6. The highest BCUT2D eigenvalue weighted by Crippen LogP contribution is 2.37. The number of ether oxygens (including phenoxy) is 1. The van der Waals surface area contributed by atoms with Crippen LogP contribution in [0.5, 0.6) is 0 Å². The first-order valence-electron chi connectivity index (χ1n) is 19.7. The van der Waals surface area contributed by atoms with E-state index in [0.29, 0.717) is 29.6 Å². The Kier molecular flexibility index (Phi) is 10.4. The minimum Gasteiger partial charge on any atom is -0.444 e. The van der Waals surface area contributed by atoms with Gasteiger partial charge in [0.15, 0.2) is 0 Å². The number of hydrogen-bond donors (Lipinski definition) is 3. The fourth-order valence-corrected chi connectivity index (χ4v) is 8.90. The van der Waals surface area contributed by atoms with Gasteiger partial charge in [-0.3, -0.25) is 34.0 Å². The third-order valence-electron chi connectivity index (χ3n) is 11.7. The van der Waals surface area contributed by atoms with E-state index in [9.17, 15) is 24.3 Å². The summed E-state index contributed by atoms with van der Waals surface area (Å²) in [4.78, 5) is 55.5. The van der Waals surface area contributed by atoms with Gasteiger partial charge in [0.1, 0.15) is 11.6 Å². The number of para-hydroxylation sites is 1. The summed E-state index contributed by atoms with van der Waals surface area (Å²) in [5, 5.41) is 22.0. The van der Waals surface area contributed by atoms with Gasteiger partial charge in [-0.15, -0.1) is 0 Å². The minimum absolute atomic E-state index is 0.216. The van der Waals surface area contributed by atoms with Crippen LogP contribution in [0.2, 0.25) is 0 Å². The molecule has 0 radical (unpaired) electrons. The number of aliphatic hydroxyl groups is 1. The zero-order valence-electron chi connectivity index (χ0n) is 33.2. The molecule has 3 amide bonds. The smallest absolute Gasteiger partial charge is 0.412 e. The van der Waals surface area contributed by atoms with Crippen LogP contribution in [0.1, 0.15) is 104 Å². The Morgan fingerprint density at radius 3 is 2.38 bits per heavy atom. The maximum absolute atomic E-state index is 13.5. The summed E-state index contributed by atoms with van der Waals surface area (Å²) in [6.07, 6.45) is 8.35. The number of rotatable bonds is 8. The molecule has 1 atom stereocenters. The van der Waals surface area contributed by atoms with Crippen molar-refractivity contribution < 1.29 is 24.2 Å². The monoisotopic (exact) mass is 756 g/mol. The quantitative estimate of drug-likeness (QED) is 0.196. The normalized spacial score (nSPS) is 21.8. The van der Waals surface area contributed by atoms with E-state index in [2.05, 4.69) is 44.4 Å². The second-order valence-corrected chi connectivity index (χ2v) is 17.4. The number of benzene rings is 2. The van der Waals surface area contributed by atoms with Gasteiger partial charge in [0, 0.05) is 56.3 Å². The van der Waals surface area contributed by atoms with Crippen LogP contribution in [-0.2, 0) is 27.0 Å². The number of piperidine rings is 2. The molecule has 0 spiro atoms. The molecule has 1 unspecified atom stereocenters. The molecule has 14 nitrogen and oxygen atoms in total. The molecule has 3 aliphatic rings. The van der Waals surface area contributed by atoms with Crippen molar-refractivity contribution >= 4 is 51.2 Å². The largest absolute Gasteiger partial charge is 0.444 e. The van der Waals surface area contributed by atoms with Crippen molar-refractivity contribution in [2.24, 2.45) is 13.0 Å². The number of carbonyl (C=O) groups is 3. The van der Waals surface area contributed by atoms with Gasteiger partial charge in [-0.1, -0.05) is 6.07 Å². The molecule has 3 N–H and O–H groups in total. The number of aromatic nitrogens is 4. The topological polar surface area (TPSA) is 156 Å². The maximum atomic E-state index is 13.5. The Labute approximate surface area is 321 Å². The van der Waals surface area contributed by atoms with E-state index in [1.54, 1.807) is 30.0 Å². The van der Waals surface area contributed by atoms with Crippen LogP contribution in [0.4, 0.5) is 16.2 Å². The molecule has 0 bridgehead atoms. The van der Waals surface area contributed by atoms with E-state index in [-0.39, 0.29) is 24.1 Å². The minimum atomic E-state index is -1.19. The summed E-state index contributed by atoms with van der Waals surface area (Å²) in [5.74, 6) is -0.116. The Bertz CT molecular complexity index is 2150. The van der Waals surface area contributed by atoms with E-state index < -0.39 is 29.2 Å². The van der Waals surface area contributed by atoms with Crippen LogP contribution in [-0.4, -0.2) is 85.2 Å². The van der Waals surface area contributed by atoms with E-state index in [1.165, 1.54) is 0 Å². The number of nitrogens with one attached hydrogen (secondary N) is 2. The number of carbonyl (C=O) groups excluding carboxylic acids is 3. The predicted octanol–water partition coefficient (Wildman–Crippen LogP) is 5.57. The third-order valence-corrected chi connectivity index (χ3v) is 11.7. The Morgan fingerprint density at radius 1 is 1.02 bits per heavy atom. The number of imidazole rings is 1. The predicted molar refractivity (Wildman–Crippen MR) is 212 cm³/mol. The van der Waals surface area contributed by atoms with Gasteiger partial charge in [-0.2, -0.15) is 5.10 Å². The third kappa shape index (κ3) is 8.02. The fourth-order valence-electron chi connectivity index (χ4n) is 8.90. The molecule has 1 aliphatic carbocycles. The van der Waals surface area contributed by atoms with E-state index >= 15 is 0 Å². The van der Waals surface area contributed by atoms with Gasteiger partial charge < -0.3 is 19.6 Å². The number of aryl methyl sites for hydroxylation is 1. The molecule has 55 heavy (non-hydrogen) atoms. The highest BCUT2D eigenvalue weighted by Gasteiger charge is 2.34. The number of hydrogen-bond acceptors (Lipinski definition) is 9. The maximum Gasteiger partial charge on any atom is 0.412 e. The van der Waals surface area contributed by atoms with Crippen molar-refractivity contribution in [1.29, 1.82) is 0 Å². The number of imide groups is 1. The van der Waals surface area contributed by atoms with Crippen molar-refractivity contribution in [3.8, 4) is 0 Å². The molecule has 4 heterocycles. The first-order valence-corrected chi connectivity index (χ1v) is 19.7. The summed E-state index contributed by atoms with van der Waals surface area (Å²) >= 11 is 0. The van der Waals surface area contributed by atoms with Crippen LogP contribution < -0.4 is 21.2 Å². The number of amides is 3. The lowest BCUT2D eigenvalue weighted by Crippen LogP contribution is -2.45. The van der Waals surface area contributed by atoms with Gasteiger partial charge in [0.2, 0.25) is 11.8 Å². The summed E-state index contributed by atoms with van der Waals surface area (Å²) in [6.45, 7) is 11.6. The molecule has 2 aromatic carbocycles.